The molecule has 10 heavy (non-hydrogen) atoms. The van der Waals surface area contributed by atoms with Gasteiger partial charge in [0.15, 0.2) is 0 Å². The van der Waals surface area contributed by atoms with Crippen LogP contribution in [0, 0.1) is 11.8 Å². The minimum Gasteiger partial charge on any atom is -0.316 e. The third-order valence-electron chi connectivity index (χ3n) is 2.21. The predicted molar refractivity (Wildman–Crippen MR) is 47.2 cm³/mol. The molecule has 1 heterocycles. The first-order valence-electron chi connectivity index (χ1n) is 4.51. The van der Waals surface area contributed by atoms with Crippen LogP contribution in [0.5, 0.6) is 0 Å². The van der Waals surface area contributed by atoms with Gasteiger partial charge in [0.1, 0.15) is 0 Å². The number of hydrogen-bond donors (Lipinski definition) is 1. The summed E-state index contributed by atoms with van der Waals surface area (Å²) in [7, 11) is 0. The molecule has 2 atom stereocenters. The Morgan fingerprint density at radius 3 is 2.00 bits per heavy atom. The molecule has 1 nitrogen and oxygen atoms in total. The molecule has 0 bridgehead atoms. The number of piperidine rings is 1. The average Bonchev–Trinajstić information content (AvgIpc) is 2.00. The fraction of sp³-hybridized carbons (Fsp3) is 1.00. The van der Waals surface area contributed by atoms with Crippen molar-refractivity contribution in [2.75, 3.05) is 13.1 Å². The summed E-state index contributed by atoms with van der Waals surface area (Å²) in [6, 6.07) is 0. The highest BCUT2D eigenvalue weighted by Crippen LogP contribution is 2.16. The van der Waals surface area contributed by atoms with Gasteiger partial charge in [-0.2, -0.15) is 0 Å². The molecule has 1 heteroatoms. The summed E-state index contributed by atoms with van der Waals surface area (Å²) < 4.78 is 0. The highest BCUT2D eigenvalue weighted by molar-refractivity contribution is 4.70. The fourth-order valence-electron chi connectivity index (χ4n) is 1.15. The van der Waals surface area contributed by atoms with Crippen molar-refractivity contribution in [2.45, 2.75) is 34.1 Å². The molecule has 0 radical (unpaired) electrons. The van der Waals surface area contributed by atoms with Gasteiger partial charge in [-0.25, -0.2) is 0 Å². The van der Waals surface area contributed by atoms with Gasteiger partial charge in [-0.1, -0.05) is 27.7 Å². The minimum atomic E-state index is 0.892. The zero-order chi connectivity index (χ0) is 7.98. The molecule has 0 aromatic rings. The lowest BCUT2D eigenvalue weighted by atomic mass is 9.90. The molecule has 0 saturated carbocycles. The van der Waals surface area contributed by atoms with Crippen molar-refractivity contribution >= 4 is 0 Å². The van der Waals surface area contributed by atoms with Gasteiger partial charge in [-0.3, -0.25) is 0 Å². The summed E-state index contributed by atoms with van der Waals surface area (Å²) in [5.41, 5.74) is 0. The van der Waals surface area contributed by atoms with Gasteiger partial charge in [-0.15, -0.1) is 0 Å². The molecule has 1 saturated heterocycles. The highest BCUT2D eigenvalue weighted by Gasteiger charge is 2.14. The lowest BCUT2D eigenvalue weighted by Crippen LogP contribution is -2.33. The maximum absolute atomic E-state index is 3.36. The lowest BCUT2D eigenvalue weighted by Gasteiger charge is -2.25. The van der Waals surface area contributed by atoms with Crippen LogP contribution in [0.15, 0.2) is 0 Å². The number of hydrogen-bond acceptors (Lipinski definition) is 1. The zero-order valence-corrected chi connectivity index (χ0v) is 7.78. The smallest absolute Gasteiger partial charge is 0.00206 e. The van der Waals surface area contributed by atoms with Gasteiger partial charge in [0.2, 0.25) is 0 Å². The number of rotatable bonds is 0. The molecule has 2 unspecified atom stereocenters. The van der Waals surface area contributed by atoms with E-state index in [1.165, 1.54) is 19.5 Å². The van der Waals surface area contributed by atoms with Crippen molar-refractivity contribution in [1.82, 2.24) is 5.32 Å². The fourth-order valence-corrected chi connectivity index (χ4v) is 1.15. The van der Waals surface area contributed by atoms with Crippen molar-refractivity contribution in [3.8, 4) is 0 Å². The van der Waals surface area contributed by atoms with Crippen molar-refractivity contribution in [2.24, 2.45) is 11.8 Å². The van der Waals surface area contributed by atoms with Crippen LogP contribution < -0.4 is 5.32 Å². The van der Waals surface area contributed by atoms with Crippen LogP contribution >= 0.6 is 0 Å². The van der Waals surface area contributed by atoms with E-state index in [0.29, 0.717) is 0 Å². The Kier molecular flexibility index (Phi) is 5.70. The largest absolute Gasteiger partial charge is 0.316 e. The van der Waals surface area contributed by atoms with Crippen LogP contribution in [0.4, 0.5) is 0 Å². The third-order valence-corrected chi connectivity index (χ3v) is 2.21. The van der Waals surface area contributed by atoms with Crippen LogP contribution in [0.25, 0.3) is 0 Å². The molecular formula is C9H21N. The predicted octanol–water partition coefficient (Wildman–Crippen LogP) is 2.28. The van der Waals surface area contributed by atoms with Gasteiger partial charge in [-0.05, 0) is 31.3 Å². The van der Waals surface area contributed by atoms with Crippen molar-refractivity contribution in [3.05, 3.63) is 0 Å². The molecular weight excluding hydrogens is 122 g/mol. The van der Waals surface area contributed by atoms with E-state index in [4.69, 9.17) is 0 Å². The molecule has 0 amide bonds. The summed E-state index contributed by atoms with van der Waals surface area (Å²) in [6.45, 7) is 11.1. The molecule has 0 spiro atoms. The molecule has 62 valence electrons. The first kappa shape index (κ1) is 9.96. The monoisotopic (exact) mass is 143 g/mol. The van der Waals surface area contributed by atoms with E-state index in [0.717, 1.165) is 11.8 Å². The Morgan fingerprint density at radius 2 is 1.70 bits per heavy atom. The van der Waals surface area contributed by atoms with Crippen molar-refractivity contribution in [1.29, 1.82) is 0 Å². The Labute approximate surface area is 65.2 Å². The quantitative estimate of drug-likeness (QED) is 0.548. The first-order valence-corrected chi connectivity index (χ1v) is 4.51. The summed E-state index contributed by atoms with van der Waals surface area (Å²) in [6.07, 6.45) is 1.36. The second-order valence-corrected chi connectivity index (χ2v) is 2.95. The summed E-state index contributed by atoms with van der Waals surface area (Å²) in [5.74, 6) is 1.83. The van der Waals surface area contributed by atoms with Crippen molar-refractivity contribution < 1.29 is 0 Å². The SMILES string of the molecule is CC.CC1CCNCC1C. The van der Waals surface area contributed by atoms with E-state index in [9.17, 15) is 0 Å². The molecule has 0 aromatic heterocycles. The molecule has 1 fully saturated rings. The molecule has 1 N–H and O–H groups in total. The maximum Gasteiger partial charge on any atom is -0.00206 e. The van der Waals surface area contributed by atoms with E-state index in [2.05, 4.69) is 19.2 Å². The molecule has 1 aliphatic rings. The average molecular weight is 143 g/mol. The maximum atomic E-state index is 3.36. The van der Waals surface area contributed by atoms with E-state index in [1.54, 1.807) is 0 Å². The van der Waals surface area contributed by atoms with Crippen LogP contribution in [-0.2, 0) is 0 Å². The Balaban J connectivity index is 0.000000371. The zero-order valence-electron chi connectivity index (χ0n) is 7.78. The standard InChI is InChI=1S/C7H15N.C2H6/c1-6-3-4-8-5-7(6)2;1-2/h6-8H,3-5H2,1-2H3;1-2H3. The van der Waals surface area contributed by atoms with E-state index in [-0.39, 0.29) is 0 Å². The topological polar surface area (TPSA) is 12.0 Å². The Morgan fingerprint density at radius 1 is 1.10 bits per heavy atom. The Hall–Kier alpha value is -0.0400. The van der Waals surface area contributed by atoms with Crippen molar-refractivity contribution in [3.63, 3.8) is 0 Å². The van der Waals surface area contributed by atoms with Crippen LogP contribution in [0.3, 0.4) is 0 Å². The highest BCUT2D eigenvalue weighted by atomic mass is 14.9. The summed E-state index contributed by atoms with van der Waals surface area (Å²) in [4.78, 5) is 0. The van der Waals surface area contributed by atoms with Crippen LogP contribution in [0.2, 0.25) is 0 Å². The minimum absolute atomic E-state index is 0.892. The van der Waals surface area contributed by atoms with Gasteiger partial charge in [0.05, 0.1) is 0 Å². The summed E-state index contributed by atoms with van der Waals surface area (Å²) in [5, 5.41) is 3.36. The van der Waals surface area contributed by atoms with E-state index < -0.39 is 0 Å². The van der Waals surface area contributed by atoms with Gasteiger partial charge in [0.25, 0.3) is 0 Å². The van der Waals surface area contributed by atoms with E-state index in [1.807, 2.05) is 13.8 Å². The third kappa shape index (κ3) is 3.21. The Bertz CT molecular complexity index is 61.1. The van der Waals surface area contributed by atoms with Gasteiger partial charge in [0, 0.05) is 0 Å². The van der Waals surface area contributed by atoms with Gasteiger partial charge >= 0.3 is 0 Å². The van der Waals surface area contributed by atoms with Gasteiger partial charge < -0.3 is 5.32 Å². The molecule has 0 aliphatic carbocycles. The van der Waals surface area contributed by atoms with E-state index >= 15 is 0 Å². The molecule has 1 rings (SSSR count). The normalized spacial score (nSPS) is 32.4. The first-order chi connectivity index (χ1) is 4.80. The second kappa shape index (κ2) is 5.72. The van der Waals surface area contributed by atoms with Crippen LogP contribution in [0.1, 0.15) is 34.1 Å². The lowest BCUT2D eigenvalue weighted by molar-refractivity contribution is 0.295. The second-order valence-electron chi connectivity index (χ2n) is 2.95. The summed E-state index contributed by atoms with van der Waals surface area (Å²) >= 11 is 0. The molecule has 0 aromatic carbocycles. The molecule has 1 aliphatic heterocycles. The van der Waals surface area contributed by atoms with Crippen LogP contribution in [-0.4, -0.2) is 13.1 Å². The number of nitrogens with one attached hydrogen (secondary N) is 1.